The van der Waals surface area contributed by atoms with E-state index in [2.05, 4.69) is 5.32 Å². The summed E-state index contributed by atoms with van der Waals surface area (Å²) in [5.74, 6) is -0.898. The Balaban J connectivity index is 1.62. The topological polar surface area (TPSA) is 82.0 Å². The monoisotopic (exact) mass is 402 g/mol. The van der Waals surface area contributed by atoms with Crippen LogP contribution in [0.4, 0.5) is 4.39 Å². The number of benzene rings is 2. The molecule has 6 nitrogen and oxygen atoms in total. The minimum Gasteiger partial charge on any atom is -0.394 e. The first kappa shape index (κ1) is 21.4. The minimum atomic E-state index is -0.878. The molecule has 1 aliphatic rings. The number of carbonyl (C=O) groups is 1. The number of ether oxygens (including phenoxy) is 1. The molecule has 0 aromatic heterocycles. The summed E-state index contributed by atoms with van der Waals surface area (Å²) >= 11 is 0. The van der Waals surface area contributed by atoms with Crippen molar-refractivity contribution in [3.63, 3.8) is 0 Å². The minimum absolute atomic E-state index is 0.142. The van der Waals surface area contributed by atoms with Gasteiger partial charge in [-0.15, -0.1) is 0 Å². The average molecular weight is 402 g/mol. The first-order valence-corrected chi connectivity index (χ1v) is 9.72. The second-order valence-corrected chi connectivity index (χ2v) is 7.31. The largest absolute Gasteiger partial charge is 0.394 e. The van der Waals surface area contributed by atoms with Gasteiger partial charge >= 0.3 is 0 Å². The zero-order valence-electron chi connectivity index (χ0n) is 16.4. The van der Waals surface area contributed by atoms with Crippen molar-refractivity contribution in [2.24, 2.45) is 0 Å². The number of hydrogen-bond donors (Lipinski definition) is 3. The fourth-order valence-electron chi connectivity index (χ4n) is 3.71. The molecule has 29 heavy (non-hydrogen) atoms. The second kappa shape index (κ2) is 9.93. The smallest absolute Gasteiger partial charge is 0.251 e. The summed E-state index contributed by atoms with van der Waals surface area (Å²) in [5.41, 5.74) is 1.40. The normalized spacial score (nSPS) is 24.0. The summed E-state index contributed by atoms with van der Waals surface area (Å²) in [4.78, 5) is 14.3. The average Bonchev–Trinajstić information content (AvgIpc) is 3.06. The maximum absolute atomic E-state index is 13.3. The van der Waals surface area contributed by atoms with Crippen molar-refractivity contribution < 1.29 is 24.1 Å². The molecule has 4 atom stereocenters. The van der Waals surface area contributed by atoms with E-state index in [1.54, 1.807) is 0 Å². The van der Waals surface area contributed by atoms with E-state index in [1.807, 2.05) is 42.3 Å². The number of hydrogen-bond acceptors (Lipinski definition) is 5. The number of rotatable bonds is 8. The molecular weight excluding hydrogens is 375 g/mol. The van der Waals surface area contributed by atoms with Crippen LogP contribution in [0.3, 0.4) is 0 Å². The van der Waals surface area contributed by atoms with Crippen LogP contribution in [0, 0.1) is 5.82 Å². The highest BCUT2D eigenvalue weighted by atomic mass is 19.1. The first-order valence-electron chi connectivity index (χ1n) is 9.72. The van der Waals surface area contributed by atoms with Gasteiger partial charge < -0.3 is 20.3 Å². The number of carbonyl (C=O) groups excluding carboxylic acids is 1. The summed E-state index contributed by atoms with van der Waals surface area (Å²) in [6.45, 7) is 0.517. The van der Waals surface area contributed by atoms with Gasteiger partial charge in [0, 0.05) is 18.7 Å². The molecule has 0 spiro atoms. The van der Waals surface area contributed by atoms with E-state index in [0.717, 1.165) is 6.42 Å². The lowest BCUT2D eigenvalue weighted by molar-refractivity contribution is -0.0209. The molecule has 0 aliphatic carbocycles. The molecular formula is C22H27FN2O4. The predicted octanol–water partition coefficient (Wildman–Crippen LogP) is 1.22. The number of likely N-dealkylation sites (N-methyl/N-ethyl adjacent to an activating group) is 1. The molecule has 0 unspecified atom stereocenters. The maximum Gasteiger partial charge on any atom is 0.251 e. The van der Waals surface area contributed by atoms with Gasteiger partial charge in [0.2, 0.25) is 0 Å². The predicted molar refractivity (Wildman–Crippen MR) is 107 cm³/mol. The van der Waals surface area contributed by atoms with Crippen molar-refractivity contribution in [2.45, 2.75) is 30.8 Å². The summed E-state index contributed by atoms with van der Waals surface area (Å²) in [6.07, 6.45) is -1.29. The van der Waals surface area contributed by atoms with Gasteiger partial charge in [0.15, 0.2) is 0 Å². The molecule has 1 amide bonds. The van der Waals surface area contributed by atoms with Gasteiger partial charge in [0.1, 0.15) is 18.0 Å². The molecule has 156 valence electrons. The highest BCUT2D eigenvalue weighted by Gasteiger charge is 2.45. The third-order valence-electron chi connectivity index (χ3n) is 5.30. The number of nitrogens with one attached hydrogen (secondary N) is 1. The van der Waals surface area contributed by atoms with Crippen LogP contribution < -0.4 is 5.32 Å². The molecule has 1 fully saturated rings. The molecule has 1 saturated heterocycles. The van der Waals surface area contributed by atoms with Crippen LogP contribution in [-0.4, -0.2) is 72.1 Å². The van der Waals surface area contributed by atoms with Crippen molar-refractivity contribution in [3.05, 3.63) is 71.5 Å². The summed E-state index contributed by atoms with van der Waals surface area (Å²) in [6, 6.07) is 15.1. The molecule has 0 bridgehead atoms. The quantitative estimate of drug-likeness (QED) is 0.619. The maximum atomic E-state index is 13.3. The lowest BCUT2D eigenvalue weighted by Gasteiger charge is -2.30. The van der Waals surface area contributed by atoms with Crippen LogP contribution >= 0.6 is 0 Å². The number of amides is 1. The molecule has 1 heterocycles. The third-order valence-corrected chi connectivity index (χ3v) is 5.30. The fourth-order valence-corrected chi connectivity index (χ4v) is 3.71. The summed E-state index contributed by atoms with van der Waals surface area (Å²) in [5, 5.41) is 22.9. The van der Waals surface area contributed by atoms with Crippen molar-refractivity contribution >= 4 is 5.91 Å². The van der Waals surface area contributed by atoms with Crippen LogP contribution in [0.25, 0.3) is 0 Å². The van der Waals surface area contributed by atoms with E-state index in [9.17, 15) is 19.4 Å². The van der Waals surface area contributed by atoms with E-state index < -0.39 is 30.0 Å². The highest BCUT2D eigenvalue weighted by Crippen LogP contribution is 2.25. The van der Waals surface area contributed by atoms with Crippen molar-refractivity contribution in [1.82, 2.24) is 10.2 Å². The van der Waals surface area contributed by atoms with E-state index in [1.165, 1.54) is 29.8 Å². The van der Waals surface area contributed by atoms with Crippen LogP contribution in [0.1, 0.15) is 15.9 Å². The van der Waals surface area contributed by atoms with Crippen LogP contribution in [0.2, 0.25) is 0 Å². The Kier molecular flexibility index (Phi) is 7.33. The van der Waals surface area contributed by atoms with Gasteiger partial charge in [-0.1, -0.05) is 36.4 Å². The summed E-state index contributed by atoms with van der Waals surface area (Å²) < 4.78 is 19.1. The van der Waals surface area contributed by atoms with Crippen LogP contribution in [0.5, 0.6) is 0 Å². The Morgan fingerprint density at radius 1 is 1.17 bits per heavy atom. The van der Waals surface area contributed by atoms with Crippen molar-refractivity contribution in [1.29, 1.82) is 0 Å². The molecule has 1 aliphatic heterocycles. The van der Waals surface area contributed by atoms with Gasteiger partial charge in [-0.2, -0.15) is 0 Å². The number of halogens is 1. The van der Waals surface area contributed by atoms with Crippen molar-refractivity contribution in [2.75, 3.05) is 26.7 Å². The molecule has 7 heteroatoms. The SMILES string of the molecule is CN(CCc1ccccc1)[C@H]1[C@H](O)[C@H](CO)O[C@@H]1CNC(=O)c1cccc(F)c1. The third kappa shape index (κ3) is 5.39. The Hall–Kier alpha value is -2.32. The number of aliphatic hydroxyl groups excluding tert-OH is 2. The molecule has 0 saturated carbocycles. The molecule has 2 aromatic carbocycles. The Morgan fingerprint density at radius 3 is 2.62 bits per heavy atom. The zero-order valence-corrected chi connectivity index (χ0v) is 16.4. The van der Waals surface area contributed by atoms with Gasteiger partial charge in [-0.05, 0) is 37.2 Å². The molecule has 0 radical (unpaired) electrons. The van der Waals surface area contributed by atoms with Crippen molar-refractivity contribution in [3.8, 4) is 0 Å². The van der Waals surface area contributed by atoms with E-state index in [4.69, 9.17) is 4.74 Å². The molecule has 3 rings (SSSR count). The lowest BCUT2D eigenvalue weighted by atomic mass is 10.0. The molecule has 2 aromatic rings. The van der Waals surface area contributed by atoms with E-state index in [-0.39, 0.29) is 24.8 Å². The first-order chi connectivity index (χ1) is 14.0. The van der Waals surface area contributed by atoms with Gasteiger partial charge in [0.05, 0.1) is 18.8 Å². The van der Waals surface area contributed by atoms with Gasteiger partial charge in [-0.3, -0.25) is 9.69 Å². The molecule has 3 N–H and O–H groups in total. The van der Waals surface area contributed by atoms with Crippen LogP contribution in [0.15, 0.2) is 54.6 Å². The zero-order chi connectivity index (χ0) is 20.8. The Bertz CT molecular complexity index is 804. The second-order valence-electron chi connectivity index (χ2n) is 7.31. The lowest BCUT2D eigenvalue weighted by Crippen LogP contribution is -2.50. The number of aliphatic hydroxyl groups is 2. The van der Waals surface area contributed by atoms with Gasteiger partial charge in [-0.25, -0.2) is 4.39 Å². The Morgan fingerprint density at radius 2 is 1.93 bits per heavy atom. The van der Waals surface area contributed by atoms with Crippen LogP contribution in [-0.2, 0) is 11.2 Å². The highest BCUT2D eigenvalue weighted by molar-refractivity contribution is 5.94. The van der Waals surface area contributed by atoms with Gasteiger partial charge in [0.25, 0.3) is 5.91 Å². The fraction of sp³-hybridized carbons (Fsp3) is 0.409. The standard InChI is InChI=1S/C22H27FN2O4/c1-25(11-10-15-6-3-2-4-7-15)20-18(29-19(14-26)21(20)27)13-24-22(28)16-8-5-9-17(23)12-16/h2-9,12,18-21,26-27H,10-11,13-14H2,1H3,(H,24,28)/t18-,19+,20-,21-/m1/s1. The van der Waals surface area contributed by atoms with E-state index in [0.29, 0.717) is 6.54 Å². The Labute approximate surface area is 169 Å². The number of nitrogens with zero attached hydrogens (tertiary/aromatic N) is 1. The van der Waals surface area contributed by atoms with E-state index >= 15 is 0 Å². The summed E-state index contributed by atoms with van der Waals surface area (Å²) in [7, 11) is 1.89.